The lowest BCUT2D eigenvalue weighted by Gasteiger charge is -2.36. The number of carbonyl (C=O) groups excluding carboxylic acids is 1. The second-order valence-electron chi connectivity index (χ2n) is 8.25. The van der Waals surface area contributed by atoms with Crippen LogP contribution in [0.3, 0.4) is 0 Å². The molecule has 7 heteroatoms. The van der Waals surface area contributed by atoms with Crippen LogP contribution in [0.1, 0.15) is 52.2 Å². The van der Waals surface area contributed by atoms with Crippen LogP contribution in [-0.2, 0) is 11.2 Å². The minimum absolute atomic E-state index is 0.0619. The molecule has 0 saturated carbocycles. The monoisotopic (exact) mass is 500 g/mol. The normalized spacial score (nSPS) is 14.3. The van der Waals surface area contributed by atoms with E-state index >= 15 is 0 Å². The maximum atomic E-state index is 12.4. The van der Waals surface area contributed by atoms with E-state index in [9.17, 15) is 4.79 Å². The zero-order chi connectivity index (χ0) is 25.8. The second-order valence-corrected chi connectivity index (χ2v) is 8.68. The first-order valence-corrected chi connectivity index (χ1v) is 13.2. The summed E-state index contributed by atoms with van der Waals surface area (Å²) >= 11 is 5.98. The molecule has 0 aromatic heterocycles. The molecule has 0 spiro atoms. The van der Waals surface area contributed by atoms with Gasteiger partial charge in [-0.15, -0.1) is 0 Å². The molecular formula is C28H41ClN4O2. The maximum absolute atomic E-state index is 12.4. The smallest absolute Gasteiger partial charge is 0.262 e. The van der Waals surface area contributed by atoms with Crippen molar-refractivity contribution in [3.05, 3.63) is 52.5 Å². The lowest BCUT2D eigenvalue weighted by atomic mass is 10.1. The molecule has 1 aliphatic rings. The predicted octanol–water partition coefficient (Wildman–Crippen LogP) is 6.33. The number of aryl methyl sites for hydroxylation is 2. The fourth-order valence-electron chi connectivity index (χ4n) is 4.01. The highest BCUT2D eigenvalue weighted by Gasteiger charge is 2.18. The number of ether oxygens (including phenoxy) is 1. The summed E-state index contributed by atoms with van der Waals surface area (Å²) in [4.78, 5) is 22.3. The van der Waals surface area contributed by atoms with Crippen LogP contribution in [0.4, 0.5) is 11.4 Å². The van der Waals surface area contributed by atoms with E-state index in [1.165, 1.54) is 0 Å². The van der Waals surface area contributed by atoms with Gasteiger partial charge < -0.3 is 19.9 Å². The van der Waals surface area contributed by atoms with Crippen LogP contribution in [0.15, 0.2) is 41.4 Å². The molecule has 1 aliphatic heterocycles. The molecule has 0 bridgehead atoms. The van der Waals surface area contributed by atoms with E-state index in [0.29, 0.717) is 10.8 Å². The van der Waals surface area contributed by atoms with Gasteiger partial charge in [0.25, 0.3) is 5.91 Å². The van der Waals surface area contributed by atoms with Crippen LogP contribution < -0.4 is 10.1 Å². The van der Waals surface area contributed by atoms with Gasteiger partial charge in [-0.3, -0.25) is 4.79 Å². The lowest BCUT2D eigenvalue weighted by Crippen LogP contribution is -2.48. The molecule has 6 nitrogen and oxygen atoms in total. The van der Waals surface area contributed by atoms with Crippen LogP contribution in [0.25, 0.3) is 0 Å². The summed E-state index contributed by atoms with van der Waals surface area (Å²) < 4.78 is 5.65. The highest BCUT2D eigenvalue weighted by Crippen LogP contribution is 2.26. The van der Waals surface area contributed by atoms with Crippen LogP contribution in [0, 0.1) is 6.92 Å². The minimum atomic E-state index is -0.203. The van der Waals surface area contributed by atoms with Crippen molar-refractivity contribution in [3.8, 4) is 5.75 Å². The first-order chi connectivity index (χ1) is 16.9. The van der Waals surface area contributed by atoms with Gasteiger partial charge in [0.1, 0.15) is 11.6 Å². The molecule has 1 heterocycles. The van der Waals surface area contributed by atoms with Gasteiger partial charge in [-0.2, -0.15) is 0 Å². The summed E-state index contributed by atoms with van der Waals surface area (Å²) in [6, 6.07) is 11.3. The Morgan fingerprint density at radius 1 is 1.06 bits per heavy atom. The Labute approximate surface area is 216 Å². The molecule has 0 unspecified atom stereocenters. The quantitative estimate of drug-likeness (QED) is 0.340. The molecule has 3 rings (SSSR count). The Kier molecular flexibility index (Phi) is 12.1. The van der Waals surface area contributed by atoms with Crippen LogP contribution in [-0.4, -0.2) is 60.9 Å². The largest absolute Gasteiger partial charge is 0.483 e. The number of carbonyl (C=O) groups is 1. The zero-order valence-corrected chi connectivity index (χ0v) is 22.9. The number of amidine groups is 1. The molecule has 1 saturated heterocycles. The van der Waals surface area contributed by atoms with E-state index in [1.807, 2.05) is 45.0 Å². The third kappa shape index (κ3) is 8.55. The third-order valence-electron chi connectivity index (χ3n) is 5.99. The molecule has 192 valence electrons. The van der Waals surface area contributed by atoms with Gasteiger partial charge in [-0.05, 0) is 67.4 Å². The van der Waals surface area contributed by atoms with E-state index in [1.54, 1.807) is 12.1 Å². The Morgan fingerprint density at radius 2 is 1.77 bits per heavy atom. The van der Waals surface area contributed by atoms with Crippen LogP contribution in [0.5, 0.6) is 5.75 Å². The number of hydrogen-bond acceptors (Lipinski definition) is 4. The fourth-order valence-corrected chi connectivity index (χ4v) is 4.23. The minimum Gasteiger partial charge on any atom is -0.483 e. The summed E-state index contributed by atoms with van der Waals surface area (Å²) in [7, 11) is 0. The summed E-state index contributed by atoms with van der Waals surface area (Å²) in [6.45, 7) is 17.6. The SMILES string of the molecule is CC.CCC(=Nc1ccc(NC(=O)COc2ccc(Cl)cc2C)cc1CC)N1CCN(CC)CC1. The first kappa shape index (κ1) is 28.7. The molecule has 1 fully saturated rings. The highest BCUT2D eigenvalue weighted by atomic mass is 35.5. The number of nitrogens with zero attached hydrogens (tertiary/aromatic N) is 3. The highest BCUT2D eigenvalue weighted by molar-refractivity contribution is 6.30. The van der Waals surface area contributed by atoms with Gasteiger partial charge in [0.15, 0.2) is 6.61 Å². The first-order valence-electron chi connectivity index (χ1n) is 12.8. The number of amides is 1. The predicted molar refractivity (Wildman–Crippen MR) is 149 cm³/mol. The molecule has 2 aromatic rings. The van der Waals surface area contributed by atoms with Crippen molar-refractivity contribution in [1.82, 2.24) is 9.80 Å². The molecule has 0 aliphatic carbocycles. The van der Waals surface area contributed by atoms with Gasteiger partial charge in [-0.25, -0.2) is 4.99 Å². The molecular weight excluding hydrogens is 460 g/mol. The molecule has 1 N–H and O–H groups in total. The van der Waals surface area contributed by atoms with Crippen molar-refractivity contribution in [3.63, 3.8) is 0 Å². The van der Waals surface area contributed by atoms with Gasteiger partial charge in [-0.1, -0.05) is 46.2 Å². The zero-order valence-electron chi connectivity index (χ0n) is 22.2. The van der Waals surface area contributed by atoms with Gasteiger partial charge in [0, 0.05) is 43.3 Å². The van der Waals surface area contributed by atoms with Crippen LogP contribution >= 0.6 is 11.6 Å². The van der Waals surface area contributed by atoms with E-state index in [-0.39, 0.29) is 12.5 Å². The fraction of sp³-hybridized carbons (Fsp3) is 0.500. The van der Waals surface area contributed by atoms with Crippen molar-refractivity contribution >= 4 is 34.7 Å². The van der Waals surface area contributed by atoms with E-state index in [4.69, 9.17) is 21.3 Å². The number of benzene rings is 2. The number of anilines is 1. The molecule has 35 heavy (non-hydrogen) atoms. The van der Waals surface area contributed by atoms with Gasteiger partial charge in [0.05, 0.1) is 5.69 Å². The Balaban J connectivity index is 0.00000210. The standard InChI is InChI=1S/C26H35ClN4O2.C2H6/c1-5-20-17-22(28-26(32)18-33-24-11-8-21(27)16-19(24)4)9-10-23(20)29-25(6-2)31-14-12-30(7-3)13-15-31;1-2/h8-11,16-17H,5-7,12-15,18H2,1-4H3,(H,28,32);1-2H3. The second kappa shape index (κ2) is 14.7. The van der Waals surface area contributed by atoms with E-state index in [0.717, 1.165) is 73.9 Å². The average Bonchev–Trinajstić information content (AvgIpc) is 2.88. The Morgan fingerprint density at radius 3 is 2.37 bits per heavy atom. The number of piperazine rings is 1. The number of halogens is 1. The van der Waals surface area contributed by atoms with E-state index in [2.05, 4.69) is 35.9 Å². The van der Waals surface area contributed by atoms with Gasteiger partial charge in [0.2, 0.25) is 0 Å². The van der Waals surface area contributed by atoms with Crippen molar-refractivity contribution < 1.29 is 9.53 Å². The van der Waals surface area contributed by atoms with Crippen LogP contribution in [0.2, 0.25) is 5.02 Å². The topological polar surface area (TPSA) is 57.2 Å². The van der Waals surface area contributed by atoms with E-state index < -0.39 is 0 Å². The molecule has 0 atom stereocenters. The van der Waals surface area contributed by atoms with Crippen molar-refractivity contribution in [1.29, 1.82) is 0 Å². The summed E-state index contributed by atoms with van der Waals surface area (Å²) in [5, 5.41) is 3.58. The number of hydrogen-bond donors (Lipinski definition) is 1. The number of rotatable bonds is 8. The van der Waals surface area contributed by atoms with Crippen molar-refractivity contribution in [2.24, 2.45) is 4.99 Å². The van der Waals surface area contributed by atoms with Crippen molar-refractivity contribution in [2.45, 2.75) is 54.4 Å². The summed E-state index contributed by atoms with van der Waals surface area (Å²) in [5.41, 5.74) is 3.73. The Bertz CT molecular complexity index is 985. The Hall–Kier alpha value is -2.57. The molecule has 1 amide bonds. The maximum Gasteiger partial charge on any atom is 0.262 e. The summed E-state index contributed by atoms with van der Waals surface area (Å²) in [6.07, 6.45) is 1.73. The molecule has 0 radical (unpaired) electrons. The number of likely N-dealkylation sites (N-methyl/N-ethyl adjacent to an activating group) is 1. The number of aliphatic imine (C=N–C) groups is 1. The molecule has 2 aromatic carbocycles. The average molecular weight is 501 g/mol. The summed E-state index contributed by atoms with van der Waals surface area (Å²) in [5.74, 6) is 1.58. The third-order valence-corrected chi connectivity index (χ3v) is 6.23. The van der Waals surface area contributed by atoms with Crippen molar-refractivity contribution in [2.75, 3.05) is 44.6 Å². The number of nitrogens with one attached hydrogen (secondary N) is 1. The van der Waals surface area contributed by atoms with Gasteiger partial charge >= 0.3 is 0 Å². The lowest BCUT2D eigenvalue weighted by molar-refractivity contribution is -0.118.